The van der Waals surface area contributed by atoms with Crippen molar-refractivity contribution in [1.29, 1.82) is 0 Å². The largest absolute Gasteiger partial charge is 0.377 e. The zero-order chi connectivity index (χ0) is 19.4. The van der Waals surface area contributed by atoms with Crippen molar-refractivity contribution < 1.29 is 17.9 Å². The lowest BCUT2D eigenvalue weighted by molar-refractivity contribution is 0.102. The summed E-state index contributed by atoms with van der Waals surface area (Å²) < 4.78 is 32.7. The molecule has 0 spiro atoms. The summed E-state index contributed by atoms with van der Waals surface area (Å²) in [6, 6.07) is 11.0. The van der Waals surface area contributed by atoms with Crippen LogP contribution in [-0.4, -0.2) is 33.6 Å². The van der Waals surface area contributed by atoms with Crippen LogP contribution in [0.4, 0.5) is 5.69 Å². The van der Waals surface area contributed by atoms with Gasteiger partial charge in [-0.15, -0.1) is 0 Å². The summed E-state index contributed by atoms with van der Waals surface area (Å²) in [4.78, 5) is 12.5. The molecule has 1 saturated heterocycles. The van der Waals surface area contributed by atoms with E-state index >= 15 is 0 Å². The van der Waals surface area contributed by atoms with E-state index in [9.17, 15) is 13.2 Å². The SMILES string of the molecule is Cc1c(Cl)cccc1NC(=O)c1ccc(S(=O)(=O)NC[C@@H]2CCCO2)cc1. The van der Waals surface area contributed by atoms with Crippen LogP contribution in [0.15, 0.2) is 47.4 Å². The molecule has 0 aromatic heterocycles. The zero-order valence-electron chi connectivity index (χ0n) is 14.9. The Balaban J connectivity index is 1.66. The van der Waals surface area contributed by atoms with Crippen LogP contribution in [0, 0.1) is 6.92 Å². The number of sulfonamides is 1. The second-order valence-electron chi connectivity index (χ2n) is 6.38. The fourth-order valence-corrected chi connectivity index (χ4v) is 4.06. The average molecular weight is 409 g/mol. The van der Waals surface area contributed by atoms with Crippen molar-refractivity contribution in [1.82, 2.24) is 4.72 Å². The van der Waals surface area contributed by atoms with Gasteiger partial charge in [-0.1, -0.05) is 17.7 Å². The molecular formula is C19H21ClN2O4S. The summed E-state index contributed by atoms with van der Waals surface area (Å²) >= 11 is 6.06. The number of anilines is 1. The lowest BCUT2D eigenvalue weighted by Crippen LogP contribution is -2.31. The summed E-state index contributed by atoms with van der Waals surface area (Å²) in [6.07, 6.45) is 1.72. The lowest BCUT2D eigenvalue weighted by Gasteiger charge is -2.12. The van der Waals surface area contributed by atoms with E-state index < -0.39 is 10.0 Å². The van der Waals surface area contributed by atoms with Gasteiger partial charge in [0, 0.05) is 29.4 Å². The molecule has 1 aliphatic heterocycles. The highest BCUT2D eigenvalue weighted by Crippen LogP contribution is 2.23. The Morgan fingerprint density at radius 2 is 1.96 bits per heavy atom. The number of ether oxygens (including phenoxy) is 1. The minimum atomic E-state index is -3.64. The second kappa shape index (κ2) is 8.39. The van der Waals surface area contributed by atoms with Gasteiger partial charge in [-0.3, -0.25) is 4.79 Å². The van der Waals surface area contributed by atoms with E-state index in [4.69, 9.17) is 16.3 Å². The third-order valence-corrected chi connectivity index (χ3v) is 6.32. The Bertz CT molecular complexity index is 923. The van der Waals surface area contributed by atoms with Gasteiger partial charge in [-0.05, 0) is 61.7 Å². The van der Waals surface area contributed by atoms with Crippen LogP contribution in [0.2, 0.25) is 5.02 Å². The number of nitrogens with one attached hydrogen (secondary N) is 2. The third kappa shape index (κ3) is 4.87. The van der Waals surface area contributed by atoms with Crippen molar-refractivity contribution >= 4 is 33.2 Å². The molecule has 2 N–H and O–H groups in total. The molecule has 1 amide bonds. The van der Waals surface area contributed by atoms with Crippen LogP contribution in [0.1, 0.15) is 28.8 Å². The number of benzene rings is 2. The minimum absolute atomic E-state index is 0.0780. The molecule has 1 fully saturated rings. The zero-order valence-corrected chi connectivity index (χ0v) is 16.4. The first-order valence-electron chi connectivity index (χ1n) is 8.64. The molecule has 6 nitrogen and oxygen atoms in total. The number of halogens is 1. The van der Waals surface area contributed by atoms with Crippen molar-refractivity contribution in [3.63, 3.8) is 0 Å². The number of hydrogen-bond donors (Lipinski definition) is 2. The normalized spacial score (nSPS) is 17.0. The maximum atomic E-state index is 12.4. The lowest BCUT2D eigenvalue weighted by atomic mass is 10.1. The number of hydrogen-bond acceptors (Lipinski definition) is 4. The minimum Gasteiger partial charge on any atom is -0.377 e. The third-order valence-electron chi connectivity index (χ3n) is 4.47. The molecule has 144 valence electrons. The van der Waals surface area contributed by atoms with Gasteiger partial charge in [0.2, 0.25) is 10.0 Å². The monoisotopic (exact) mass is 408 g/mol. The van der Waals surface area contributed by atoms with Gasteiger partial charge in [0.05, 0.1) is 11.0 Å². The molecule has 8 heteroatoms. The average Bonchev–Trinajstić information content (AvgIpc) is 3.18. The first-order chi connectivity index (χ1) is 12.9. The van der Waals surface area contributed by atoms with Crippen molar-refractivity contribution in [3.8, 4) is 0 Å². The van der Waals surface area contributed by atoms with E-state index in [0.717, 1.165) is 18.4 Å². The Morgan fingerprint density at radius 1 is 1.22 bits per heavy atom. The van der Waals surface area contributed by atoms with Gasteiger partial charge in [-0.2, -0.15) is 0 Å². The predicted octanol–water partition coefficient (Wildman–Crippen LogP) is 3.36. The molecule has 0 aliphatic carbocycles. The van der Waals surface area contributed by atoms with Gasteiger partial charge >= 0.3 is 0 Å². The molecule has 2 aromatic carbocycles. The molecule has 27 heavy (non-hydrogen) atoms. The molecule has 0 saturated carbocycles. The van der Waals surface area contributed by atoms with E-state index in [2.05, 4.69) is 10.0 Å². The predicted molar refractivity (Wildman–Crippen MR) is 105 cm³/mol. The Morgan fingerprint density at radius 3 is 2.63 bits per heavy atom. The van der Waals surface area contributed by atoms with Crippen LogP contribution in [0.5, 0.6) is 0 Å². The van der Waals surface area contributed by atoms with Crippen molar-refractivity contribution in [2.75, 3.05) is 18.5 Å². The summed E-state index contributed by atoms with van der Waals surface area (Å²) in [7, 11) is -3.64. The molecule has 1 atom stereocenters. The molecule has 0 radical (unpaired) electrons. The fraction of sp³-hybridized carbons (Fsp3) is 0.316. The number of amides is 1. The van der Waals surface area contributed by atoms with E-state index in [0.29, 0.717) is 22.9 Å². The number of rotatable bonds is 6. The smallest absolute Gasteiger partial charge is 0.255 e. The molecule has 0 bridgehead atoms. The second-order valence-corrected chi connectivity index (χ2v) is 8.55. The van der Waals surface area contributed by atoms with E-state index in [1.54, 1.807) is 18.2 Å². The first kappa shape index (κ1) is 19.8. The number of carbonyl (C=O) groups excluding carboxylic acids is 1. The van der Waals surface area contributed by atoms with Crippen LogP contribution >= 0.6 is 11.6 Å². The summed E-state index contributed by atoms with van der Waals surface area (Å²) in [5, 5.41) is 3.34. The highest BCUT2D eigenvalue weighted by atomic mass is 35.5. The molecule has 2 aromatic rings. The molecule has 1 aliphatic rings. The first-order valence-corrected chi connectivity index (χ1v) is 10.5. The van der Waals surface area contributed by atoms with E-state index in [-0.39, 0.29) is 23.5 Å². The Labute approximate surface area is 163 Å². The molecule has 3 rings (SSSR count). The molecule has 0 unspecified atom stereocenters. The van der Waals surface area contributed by atoms with Crippen LogP contribution in [0.25, 0.3) is 0 Å². The van der Waals surface area contributed by atoms with Crippen molar-refractivity contribution in [3.05, 3.63) is 58.6 Å². The maximum Gasteiger partial charge on any atom is 0.255 e. The van der Waals surface area contributed by atoms with Crippen LogP contribution in [0.3, 0.4) is 0 Å². The van der Waals surface area contributed by atoms with Crippen LogP contribution in [-0.2, 0) is 14.8 Å². The summed E-state index contributed by atoms with van der Waals surface area (Å²) in [5.41, 5.74) is 1.74. The van der Waals surface area contributed by atoms with E-state index in [1.807, 2.05) is 6.92 Å². The topological polar surface area (TPSA) is 84.5 Å². The van der Waals surface area contributed by atoms with Gasteiger partial charge in [0.25, 0.3) is 5.91 Å². The highest BCUT2D eigenvalue weighted by molar-refractivity contribution is 7.89. The standard InChI is InChI=1S/C19H21ClN2O4S/c1-13-17(20)5-2-6-18(13)22-19(23)14-7-9-16(10-8-14)27(24,25)21-12-15-4-3-11-26-15/h2,5-10,15,21H,3-4,11-12H2,1H3,(H,22,23)/t15-/m0/s1. The summed E-state index contributed by atoms with van der Waals surface area (Å²) in [5.74, 6) is -0.336. The van der Waals surface area contributed by atoms with Gasteiger partial charge < -0.3 is 10.1 Å². The van der Waals surface area contributed by atoms with E-state index in [1.165, 1.54) is 24.3 Å². The fourth-order valence-electron chi connectivity index (χ4n) is 2.81. The Hall–Kier alpha value is -1.93. The van der Waals surface area contributed by atoms with Crippen molar-refractivity contribution in [2.24, 2.45) is 0 Å². The van der Waals surface area contributed by atoms with Gasteiger partial charge in [-0.25, -0.2) is 13.1 Å². The highest BCUT2D eigenvalue weighted by Gasteiger charge is 2.20. The van der Waals surface area contributed by atoms with Crippen molar-refractivity contribution in [2.45, 2.75) is 30.8 Å². The van der Waals surface area contributed by atoms with Gasteiger partial charge in [0.1, 0.15) is 0 Å². The Kier molecular flexibility index (Phi) is 6.16. The summed E-state index contributed by atoms with van der Waals surface area (Å²) in [6.45, 7) is 2.73. The maximum absolute atomic E-state index is 12.4. The molecule has 1 heterocycles. The quantitative estimate of drug-likeness (QED) is 0.767. The molecular weight excluding hydrogens is 388 g/mol. The van der Waals surface area contributed by atoms with Crippen LogP contribution < -0.4 is 10.0 Å². The van der Waals surface area contributed by atoms with Gasteiger partial charge in [0.15, 0.2) is 0 Å². The number of carbonyl (C=O) groups is 1.